The Bertz CT molecular complexity index is 1350. The molecule has 34 heavy (non-hydrogen) atoms. The van der Waals surface area contributed by atoms with Crippen molar-refractivity contribution in [2.24, 2.45) is 0 Å². The molecule has 0 atom stereocenters. The molecule has 0 saturated carbocycles. The van der Waals surface area contributed by atoms with Crippen molar-refractivity contribution >= 4 is 29.0 Å². The molecule has 1 N–H and O–H groups in total. The van der Waals surface area contributed by atoms with E-state index in [1.54, 1.807) is 60.3 Å². The molecule has 172 valence electrons. The van der Waals surface area contributed by atoms with Crippen LogP contribution in [0.5, 0.6) is 5.75 Å². The number of hydrogen-bond donors (Lipinski definition) is 1. The number of carbonyl (C=O) groups is 1. The number of nitro benzene ring substituents is 1. The third-order valence-corrected chi connectivity index (χ3v) is 5.44. The van der Waals surface area contributed by atoms with Gasteiger partial charge < -0.3 is 10.1 Å². The van der Waals surface area contributed by atoms with Gasteiger partial charge in [0.1, 0.15) is 6.61 Å². The van der Waals surface area contributed by atoms with Crippen LogP contribution in [-0.4, -0.2) is 20.6 Å². The monoisotopic (exact) mass is 476 g/mol. The first-order valence-corrected chi connectivity index (χ1v) is 10.8. The second-order valence-electron chi connectivity index (χ2n) is 7.66. The summed E-state index contributed by atoms with van der Waals surface area (Å²) in [5, 5.41) is 19.1. The van der Waals surface area contributed by atoms with E-state index in [-0.39, 0.29) is 24.0 Å². The van der Waals surface area contributed by atoms with Crippen molar-refractivity contribution in [3.8, 4) is 5.75 Å². The molecular weight excluding hydrogens is 456 g/mol. The number of nitrogens with zero attached hydrogens (tertiary/aromatic N) is 3. The van der Waals surface area contributed by atoms with E-state index in [2.05, 4.69) is 10.4 Å². The van der Waals surface area contributed by atoms with Gasteiger partial charge in [-0.05, 0) is 47.9 Å². The van der Waals surface area contributed by atoms with Crippen LogP contribution in [0.4, 0.5) is 11.5 Å². The molecule has 0 fully saturated rings. The quantitative estimate of drug-likeness (QED) is 0.262. The lowest BCUT2D eigenvalue weighted by Gasteiger charge is -2.09. The van der Waals surface area contributed by atoms with Crippen LogP contribution in [0.2, 0.25) is 5.02 Å². The summed E-state index contributed by atoms with van der Waals surface area (Å²) in [6.07, 6.45) is 1.76. The fraction of sp³-hybridized carbons (Fsp3) is 0.120. The molecule has 8 nitrogen and oxygen atoms in total. The van der Waals surface area contributed by atoms with Crippen molar-refractivity contribution in [3.05, 3.63) is 116 Å². The lowest BCUT2D eigenvalue weighted by molar-refractivity contribution is -0.386. The predicted molar refractivity (Wildman–Crippen MR) is 129 cm³/mol. The Hall–Kier alpha value is -4.17. The number of aromatic nitrogens is 2. The van der Waals surface area contributed by atoms with Crippen LogP contribution in [0.15, 0.2) is 79.0 Å². The fourth-order valence-electron chi connectivity index (χ4n) is 3.36. The zero-order valence-corrected chi connectivity index (χ0v) is 19.0. The molecule has 0 radical (unpaired) electrons. The summed E-state index contributed by atoms with van der Waals surface area (Å²) < 4.78 is 7.35. The number of rotatable bonds is 8. The highest BCUT2D eigenvalue weighted by molar-refractivity contribution is 6.31. The Morgan fingerprint density at radius 1 is 1.12 bits per heavy atom. The maximum atomic E-state index is 12.7. The topological polar surface area (TPSA) is 99.3 Å². The van der Waals surface area contributed by atoms with Crippen molar-refractivity contribution < 1.29 is 14.5 Å². The number of carbonyl (C=O) groups excluding carboxylic acids is 1. The number of amides is 1. The molecule has 1 amide bonds. The third-order valence-electron chi connectivity index (χ3n) is 5.07. The molecule has 4 aromatic rings. The first kappa shape index (κ1) is 23.0. The largest absolute Gasteiger partial charge is 0.482 e. The second kappa shape index (κ2) is 10.2. The van der Waals surface area contributed by atoms with Gasteiger partial charge in [-0.2, -0.15) is 5.10 Å². The van der Waals surface area contributed by atoms with Crippen molar-refractivity contribution in [2.75, 3.05) is 5.32 Å². The highest BCUT2D eigenvalue weighted by Gasteiger charge is 2.16. The molecule has 0 aliphatic carbocycles. The maximum Gasteiger partial charge on any atom is 0.311 e. The van der Waals surface area contributed by atoms with Crippen molar-refractivity contribution in [1.82, 2.24) is 9.78 Å². The second-order valence-corrected chi connectivity index (χ2v) is 8.07. The van der Waals surface area contributed by atoms with E-state index in [9.17, 15) is 14.9 Å². The Morgan fingerprint density at radius 3 is 2.74 bits per heavy atom. The summed E-state index contributed by atoms with van der Waals surface area (Å²) >= 11 is 6.20. The highest BCUT2D eigenvalue weighted by Crippen LogP contribution is 2.28. The van der Waals surface area contributed by atoms with Crippen molar-refractivity contribution in [1.29, 1.82) is 0 Å². The molecule has 1 aromatic heterocycles. The number of halogens is 1. The predicted octanol–water partition coefficient (Wildman–Crippen LogP) is 5.63. The number of ether oxygens (including phenoxy) is 1. The number of aryl methyl sites for hydroxylation is 1. The zero-order valence-electron chi connectivity index (χ0n) is 18.3. The van der Waals surface area contributed by atoms with Crippen LogP contribution in [0, 0.1) is 17.0 Å². The van der Waals surface area contributed by atoms with Crippen LogP contribution in [-0.2, 0) is 13.2 Å². The number of benzene rings is 3. The minimum atomic E-state index is -0.475. The Morgan fingerprint density at radius 2 is 1.94 bits per heavy atom. The number of anilines is 1. The molecule has 9 heteroatoms. The van der Waals surface area contributed by atoms with Gasteiger partial charge in [0.2, 0.25) is 0 Å². The fourth-order valence-corrected chi connectivity index (χ4v) is 3.56. The van der Waals surface area contributed by atoms with E-state index >= 15 is 0 Å². The van der Waals surface area contributed by atoms with Crippen LogP contribution in [0.3, 0.4) is 0 Å². The Balaban J connectivity index is 1.40. The Labute approximate surface area is 200 Å². The molecule has 0 saturated heterocycles. The average molecular weight is 477 g/mol. The first-order chi connectivity index (χ1) is 16.4. The summed E-state index contributed by atoms with van der Waals surface area (Å²) in [6.45, 7) is 2.34. The summed E-state index contributed by atoms with van der Waals surface area (Å²) in [5.74, 6) is 0.259. The van der Waals surface area contributed by atoms with Gasteiger partial charge in [0.05, 0.1) is 11.5 Å². The van der Waals surface area contributed by atoms with Crippen LogP contribution >= 0.6 is 11.6 Å². The van der Waals surface area contributed by atoms with E-state index in [1.807, 2.05) is 24.3 Å². The summed E-state index contributed by atoms with van der Waals surface area (Å²) in [5.41, 5.74) is 2.71. The lowest BCUT2D eigenvalue weighted by Crippen LogP contribution is -2.13. The average Bonchev–Trinajstić information content (AvgIpc) is 3.26. The van der Waals surface area contributed by atoms with Gasteiger partial charge in [0, 0.05) is 28.9 Å². The van der Waals surface area contributed by atoms with E-state index in [4.69, 9.17) is 16.3 Å². The van der Waals surface area contributed by atoms with E-state index in [0.29, 0.717) is 28.5 Å². The van der Waals surface area contributed by atoms with Crippen molar-refractivity contribution in [3.63, 3.8) is 0 Å². The standard InChI is InChI=1S/C25H21ClN4O4/c1-17-9-10-23(22(13-17)30(32)33)34-16-18-5-4-7-19(14-18)25(31)27-24-11-12-29(28-24)15-20-6-2-3-8-21(20)26/h2-14H,15-16H2,1H3,(H,27,28,31). The molecule has 0 bridgehead atoms. The van der Waals surface area contributed by atoms with Gasteiger partial charge in [-0.15, -0.1) is 0 Å². The number of nitro groups is 1. The zero-order chi connectivity index (χ0) is 24.1. The normalized spacial score (nSPS) is 10.6. The first-order valence-electron chi connectivity index (χ1n) is 10.4. The SMILES string of the molecule is Cc1ccc(OCc2cccc(C(=O)Nc3ccn(Cc4ccccc4Cl)n3)c2)c([N+](=O)[O-])c1. The van der Waals surface area contributed by atoms with Crippen LogP contribution in [0.1, 0.15) is 27.0 Å². The van der Waals surface area contributed by atoms with Crippen LogP contribution < -0.4 is 10.1 Å². The third kappa shape index (κ3) is 5.60. The molecule has 0 aliphatic heterocycles. The van der Waals surface area contributed by atoms with E-state index < -0.39 is 4.92 Å². The summed E-state index contributed by atoms with van der Waals surface area (Å²) in [6, 6.07) is 20.9. The number of nitrogens with one attached hydrogen (secondary N) is 1. The minimum Gasteiger partial charge on any atom is -0.482 e. The maximum absolute atomic E-state index is 12.7. The van der Waals surface area contributed by atoms with Crippen molar-refractivity contribution in [2.45, 2.75) is 20.1 Å². The molecule has 1 heterocycles. The molecule has 3 aromatic carbocycles. The van der Waals surface area contributed by atoms with Gasteiger partial charge in [-0.1, -0.05) is 48.0 Å². The van der Waals surface area contributed by atoms with Gasteiger partial charge in [0.25, 0.3) is 5.91 Å². The molecule has 0 spiro atoms. The van der Waals surface area contributed by atoms with E-state index in [1.165, 1.54) is 6.07 Å². The molecule has 0 aliphatic rings. The number of hydrogen-bond acceptors (Lipinski definition) is 5. The lowest BCUT2D eigenvalue weighted by atomic mass is 10.1. The molecule has 4 rings (SSSR count). The van der Waals surface area contributed by atoms with E-state index in [0.717, 1.165) is 11.1 Å². The molecule has 0 unspecified atom stereocenters. The highest BCUT2D eigenvalue weighted by atomic mass is 35.5. The summed E-state index contributed by atoms with van der Waals surface area (Å²) in [4.78, 5) is 23.5. The van der Waals surface area contributed by atoms with Gasteiger partial charge >= 0.3 is 5.69 Å². The van der Waals surface area contributed by atoms with Crippen LogP contribution in [0.25, 0.3) is 0 Å². The van der Waals surface area contributed by atoms with Gasteiger partial charge in [-0.25, -0.2) is 0 Å². The van der Waals surface area contributed by atoms with Gasteiger partial charge in [-0.3, -0.25) is 19.6 Å². The smallest absolute Gasteiger partial charge is 0.311 e. The minimum absolute atomic E-state index is 0.0808. The molecular formula is C25H21ClN4O4. The summed E-state index contributed by atoms with van der Waals surface area (Å²) in [7, 11) is 0. The van der Waals surface area contributed by atoms with Gasteiger partial charge in [0.15, 0.2) is 11.6 Å². The Kier molecular flexibility index (Phi) is 6.89.